The Bertz CT molecular complexity index is 976. The van der Waals surface area contributed by atoms with Gasteiger partial charge in [-0.15, -0.1) is 0 Å². The molecule has 0 aliphatic carbocycles. The highest BCUT2D eigenvalue weighted by molar-refractivity contribution is 8.14. The summed E-state index contributed by atoms with van der Waals surface area (Å²) in [6, 6.07) is 3.67. The number of thioether (sulfide) groups is 1. The molecule has 1 aliphatic rings. The third kappa shape index (κ3) is 6.35. The Morgan fingerprint density at radius 1 is 1.25 bits per heavy atom. The molecule has 1 aromatic carbocycles. The maximum atomic E-state index is 12.7. The van der Waals surface area contributed by atoms with E-state index in [4.69, 9.17) is 27.7 Å². The Balaban J connectivity index is 1.62. The summed E-state index contributed by atoms with van der Waals surface area (Å²) in [7, 11) is 2.04. The van der Waals surface area contributed by atoms with Crippen LogP contribution in [0.4, 0.5) is 5.88 Å². The number of carbonyl (C=O) groups excluding carboxylic acids is 3. The predicted octanol–water partition coefficient (Wildman–Crippen LogP) is 1.76. The van der Waals surface area contributed by atoms with Crippen LogP contribution < -0.4 is 15.1 Å². The van der Waals surface area contributed by atoms with Gasteiger partial charge in [0.1, 0.15) is 5.88 Å². The van der Waals surface area contributed by atoms with Crippen LogP contribution >= 0.6 is 35.0 Å². The number of halogens is 2. The van der Waals surface area contributed by atoms with Crippen LogP contribution in [-0.4, -0.2) is 72.1 Å². The number of hydrogen-bond acceptors (Lipinski definition) is 8. The minimum atomic E-state index is -1.05. The van der Waals surface area contributed by atoms with Gasteiger partial charge in [0.25, 0.3) is 6.20 Å². The average Bonchev–Trinajstić information content (AvgIpc) is 3.19. The molecular formula is C19H22Cl2N6O4S. The van der Waals surface area contributed by atoms with E-state index in [-0.39, 0.29) is 27.2 Å². The fourth-order valence-corrected chi connectivity index (χ4v) is 4.53. The minimum absolute atomic E-state index is 0.00486. The minimum Gasteiger partial charge on any atom is -0.586 e. The molecule has 2 aromatic rings. The van der Waals surface area contributed by atoms with E-state index < -0.39 is 23.0 Å². The zero-order chi connectivity index (χ0) is 23.3. The first-order valence-electron chi connectivity index (χ1n) is 9.71. The van der Waals surface area contributed by atoms with Gasteiger partial charge in [0.15, 0.2) is 0 Å². The number of benzene rings is 1. The van der Waals surface area contributed by atoms with E-state index in [1.165, 1.54) is 17.9 Å². The maximum Gasteiger partial charge on any atom is 0.257 e. The number of nitrogens with zero attached hydrogens (tertiary/aromatic N) is 5. The van der Waals surface area contributed by atoms with Crippen molar-refractivity contribution in [3.63, 3.8) is 0 Å². The Morgan fingerprint density at radius 3 is 2.53 bits per heavy atom. The van der Waals surface area contributed by atoms with Crippen molar-refractivity contribution in [1.82, 2.24) is 15.5 Å². The smallest absolute Gasteiger partial charge is 0.257 e. The molecule has 2 amide bonds. The molecule has 1 saturated heterocycles. The van der Waals surface area contributed by atoms with Crippen LogP contribution in [0.15, 0.2) is 28.9 Å². The van der Waals surface area contributed by atoms with Crippen molar-refractivity contribution in [2.45, 2.75) is 13.0 Å². The molecule has 172 valence electrons. The van der Waals surface area contributed by atoms with E-state index in [1.807, 2.05) is 12.1 Å². The summed E-state index contributed by atoms with van der Waals surface area (Å²) in [5.74, 6) is -1.18. The zero-order valence-electron chi connectivity index (χ0n) is 17.5. The number of likely N-dealkylation sites (N-methyl/N-ethyl adjacent to an activating group) is 1. The molecule has 32 heavy (non-hydrogen) atoms. The highest BCUT2D eigenvalue weighted by Crippen LogP contribution is 2.29. The van der Waals surface area contributed by atoms with E-state index in [0.717, 1.165) is 37.9 Å². The molecule has 0 unspecified atom stereocenters. The number of carbonyl (C=O) groups is 3. The third-order valence-electron chi connectivity index (χ3n) is 4.66. The molecule has 0 radical (unpaired) electrons. The monoisotopic (exact) mass is 500 g/mol. The lowest BCUT2D eigenvalue weighted by molar-refractivity contribution is -0.759. The molecule has 1 atom stereocenters. The van der Waals surface area contributed by atoms with Gasteiger partial charge in [-0.2, -0.15) is 5.01 Å². The van der Waals surface area contributed by atoms with Gasteiger partial charge in [0.2, 0.25) is 16.3 Å². The number of rotatable bonds is 7. The van der Waals surface area contributed by atoms with Gasteiger partial charge in [0.05, 0.1) is 45.4 Å². The Kier molecular flexibility index (Phi) is 8.35. The first-order chi connectivity index (χ1) is 15.2. The quantitative estimate of drug-likeness (QED) is 0.572. The molecular weight excluding hydrogens is 479 g/mol. The van der Waals surface area contributed by atoms with E-state index >= 15 is 0 Å². The molecule has 0 saturated carbocycles. The molecule has 1 N–H and O–H groups in total. The van der Waals surface area contributed by atoms with Crippen LogP contribution in [0.2, 0.25) is 10.0 Å². The lowest BCUT2D eigenvalue weighted by Gasteiger charge is -2.26. The molecule has 10 nitrogen and oxygen atoms in total. The van der Waals surface area contributed by atoms with Crippen molar-refractivity contribution >= 4 is 57.8 Å². The van der Waals surface area contributed by atoms with Gasteiger partial charge in [0, 0.05) is 25.8 Å². The maximum absolute atomic E-state index is 12.7. The summed E-state index contributed by atoms with van der Waals surface area (Å²) >= 11 is 12.9. The highest BCUT2D eigenvalue weighted by atomic mass is 35.5. The molecule has 0 spiro atoms. The van der Waals surface area contributed by atoms with Crippen LogP contribution in [-0.2, 0) is 9.59 Å². The predicted molar refractivity (Wildman–Crippen MR) is 121 cm³/mol. The van der Waals surface area contributed by atoms with Crippen LogP contribution in [0.3, 0.4) is 0 Å². The van der Waals surface area contributed by atoms with Crippen molar-refractivity contribution < 1.29 is 23.7 Å². The molecule has 3 rings (SSSR count). The summed E-state index contributed by atoms with van der Waals surface area (Å²) < 4.78 is 5.15. The fraction of sp³-hybridized carbons (Fsp3) is 0.421. The van der Waals surface area contributed by atoms with E-state index in [1.54, 1.807) is 18.2 Å². The van der Waals surface area contributed by atoms with E-state index in [9.17, 15) is 14.4 Å². The van der Waals surface area contributed by atoms with Crippen molar-refractivity contribution in [2.24, 2.45) is 0 Å². The standard InChI is InChI=1S/C19H22Cl2N6O4S/c1-12(28)22-15(11-32-19(30)17-13(20)4-3-5-14(17)21)18(29)23-16-10-27(24-31-16)26-8-6-25(2)7-9-26/h3-5,10,15H,6-9,11H2,1-2H3,(H-,22,23,24,28,29)/t15-/m0/s1. The van der Waals surface area contributed by atoms with Gasteiger partial charge >= 0.3 is 0 Å². The number of nitrogens with one attached hydrogen (secondary N) is 1. The largest absolute Gasteiger partial charge is 0.586 e. The summed E-state index contributed by atoms with van der Waals surface area (Å²) in [6.07, 6.45) is 1.50. The van der Waals surface area contributed by atoms with Crippen LogP contribution in [0.5, 0.6) is 0 Å². The van der Waals surface area contributed by atoms with Crippen LogP contribution in [0.25, 0.3) is 5.32 Å². The van der Waals surface area contributed by atoms with Gasteiger partial charge in [-0.1, -0.05) is 41.0 Å². The average molecular weight is 501 g/mol. The highest BCUT2D eigenvalue weighted by Gasteiger charge is 2.24. The lowest BCUT2D eigenvalue weighted by atomic mass is 10.2. The fourth-order valence-electron chi connectivity index (χ4n) is 2.94. The van der Waals surface area contributed by atoms with E-state index in [2.05, 4.69) is 20.8 Å². The van der Waals surface area contributed by atoms with Gasteiger partial charge in [-0.3, -0.25) is 9.59 Å². The second-order valence-corrected chi connectivity index (χ2v) is 8.92. The van der Waals surface area contributed by atoms with Crippen molar-refractivity contribution in [2.75, 3.05) is 44.0 Å². The van der Waals surface area contributed by atoms with Gasteiger partial charge in [-0.25, -0.2) is 0 Å². The van der Waals surface area contributed by atoms with Crippen LogP contribution in [0, 0.1) is 0 Å². The summed E-state index contributed by atoms with van der Waals surface area (Å²) in [5, 5.41) is 12.3. The molecule has 13 heteroatoms. The van der Waals surface area contributed by atoms with Crippen molar-refractivity contribution in [3.8, 4) is 0 Å². The lowest BCUT2D eigenvalue weighted by Crippen LogP contribution is -2.64. The molecule has 0 bridgehead atoms. The SMILES string of the molecule is CC(=O)N[C@@H](CSC(=O)c1c(Cl)cccc1Cl)C(=O)[N-]c1c[n+](N2CCN(C)CC2)no1. The summed E-state index contributed by atoms with van der Waals surface area (Å²) in [6.45, 7) is 4.51. The third-order valence-corrected chi connectivity index (χ3v) is 6.25. The Morgan fingerprint density at radius 2 is 1.91 bits per heavy atom. The molecule has 1 fully saturated rings. The second kappa shape index (κ2) is 11.0. The van der Waals surface area contributed by atoms with Crippen LogP contribution in [0.1, 0.15) is 17.3 Å². The Labute approximate surface area is 199 Å². The number of piperazine rings is 1. The number of amides is 2. The first kappa shape index (κ1) is 24.3. The summed E-state index contributed by atoms with van der Waals surface area (Å²) in [5.41, 5.74) is 0.148. The Hall–Kier alpha value is -2.34. The topological polar surface area (TPSA) is 114 Å². The zero-order valence-corrected chi connectivity index (χ0v) is 19.8. The molecule has 1 aliphatic heterocycles. The molecule has 1 aromatic heterocycles. The molecule has 2 heterocycles. The van der Waals surface area contributed by atoms with Crippen molar-refractivity contribution in [3.05, 3.63) is 45.3 Å². The van der Waals surface area contributed by atoms with Crippen molar-refractivity contribution in [1.29, 1.82) is 0 Å². The van der Waals surface area contributed by atoms with E-state index in [0.29, 0.717) is 0 Å². The first-order valence-corrected chi connectivity index (χ1v) is 11.4. The van der Waals surface area contributed by atoms with Gasteiger partial charge in [-0.05, 0) is 19.2 Å². The van der Waals surface area contributed by atoms with Gasteiger partial charge < -0.3 is 24.9 Å². The normalized spacial score (nSPS) is 15.3. The number of aromatic nitrogens is 2. The second-order valence-electron chi connectivity index (χ2n) is 7.12. The summed E-state index contributed by atoms with van der Waals surface area (Å²) in [4.78, 5) is 40.5. The number of hydrogen-bond donors (Lipinski definition) is 1.